The predicted molar refractivity (Wildman–Crippen MR) is 114 cm³/mol. The molecule has 1 amide bonds. The summed E-state index contributed by atoms with van der Waals surface area (Å²) >= 11 is 0. The molecule has 0 atom stereocenters. The minimum Gasteiger partial charge on any atom is -0.492 e. The van der Waals surface area contributed by atoms with Crippen LogP contribution >= 0.6 is 0 Å². The molecule has 0 spiro atoms. The van der Waals surface area contributed by atoms with Crippen LogP contribution in [0.1, 0.15) is 12.5 Å². The number of hydrogen-bond acceptors (Lipinski definition) is 5. The Hall–Kier alpha value is -3.46. The number of methoxy groups -OCH3 is 1. The van der Waals surface area contributed by atoms with E-state index in [2.05, 4.69) is 11.4 Å². The Morgan fingerprint density at radius 3 is 2.36 bits per heavy atom. The van der Waals surface area contributed by atoms with Crippen LogP contribution in [-0.4, -0.2) is 34.2 Å². The van der Waals surface area contributed by atoms with E-state index < -0.39 is 0 Å². The Bertz CT molecular complexity index is 899. The molecule has 0 aliphatic heterocycles. The smallest absolute Gasteiger partial charge is 0.223 e. The van der Waals surface area contributed by atoms with Gasteiger partial charge < -0.3 is 19.9 Å². The van der Waals surface area contributed by atoms with Gasteiger partial charge >= 0.3 is 0 Å². The summed E-state index contributed by atoms with van der Waals surface area (Å²) in [6.45, 7) is 1.51. The number of rotatable bonds is 7. The average molecular weight is 378 g/mol. The fourth-order valence-electron chi connectivity index (χ4n) is 2.76. The van der Waals surface area contributed by atoms with Crippen molar-refractivity contribution in [3.8, 4) is 11.8 Å². The van der Waals surface area contributed by atoms with E-state index in [9.17, 15) is 10.1 Å². The number of amides is 1. The molecule has 2 aromatic carbocycles. The van der Waals surface area contributed by atoms with Gasteiger partial charge in [-0.25, -0.2) is 0 Å². The van der Waals surface area contributed by atoms with Gasteiger partial charge in [0.15, 0.2) is 5.75 Å². The SMILES string of the molecule is COc1c(N(C)C)cc(C/C(C#N)=C/Nc2ccccc2)cc1N(C)C(C)=O. The molecule has 0 aromatic heterocycles. The third kappa shape index (κ3) is 5.04. The van der Waals surface area contributed by atoms with Crippen LogP contribution in [0.15, 0.2) is 54.2 Å². The molecular formula is C22H26N4O2. The highest BCUT2D eigenvalue weighted by Gasteiger charge is 2.19. The minimum atomic E-state index is -0.0954. The number of hydrogen-bond donors (Lipinski definition) is 1. The van der Waals surface area contributed by atoms with E-state index in [1.165, 1.54) is 6.92 Å². The van der Waals surface area contributed by atoms with Gasteiger partial charge in [-0.3, -0.25) is 4.79 Å². The van der Waals surface area contributed by atoms with Crippen molar-refractivity contribution >= 4 is 23.0 Å². The van der Waals surface area contributed by atoms with Crippen molar-refractivity contribution in [2.24, 2.45) is 0 Å². The predicted octanol–water partition coefficient (Wildman–Crippen LogP) is 3.81. The zero-order chi connectivity index (χ0) is 20.7. The normalized spacial score (nSPS) is 10.8. The Kier molecular flexibility index (Phi) is 7.05. The number of anilines is 3. The largest absolute Gasteiger partial charge is 0.492 e. The monoisotopic (exact) mass is 378 g/mol. The maximum Gasteiger partial charge on any atom is 0.223 e. The van der Waals surface area contributed by atoms with Crippen LogP contribution in [0, 0.1) is 11.3 Å². The summed E-state index contributed by atoms with van der Waals surface area (Å²) in [6, 6.07) is 15.8. The van der Waals surface area contributed by atoms with Gasteiger partial charge in [-0.1, -0.05) is 18.2 Å². The van der Waals surface area contributed by atoms with Crippen molar-refractivity contribution in [2.45, 2.75) is 13.3 Å². The second-order valence-corrected chi connectivity index (χ2v) is 6.61. The topological polar surface area (TPSA) is 68.6 Å². The van der Waals surface area contributed by atoms with Gasteiger partial charge in [-0.05, 0) is 29.8 Å². The first kappa shape index (κ1) is 20.8. The lowest BCUT2D eigenvalue weighted by atomic mass is 10.0. The second kappa shape index (κ2) is 9.47. The highest BCUT2D eigenvalue weighted by Crippen LogP contribution is 2.39. The molecule has 0 fully saturated rings. The molecule has 0 saturated heterocycles. The molecule has 6 nitrogen and oxygen atoms in total. The Morgan fingerprint density at radius 1 is 1.18 bits per heavy atom. The third-order valence-electron chi connectivity index (χ3n) is 4.35. The molecule has 2 aromatic rings. The van der Waals surface area contributed by atoms with Gasteiger partial charge in [0.25, 0.3) is 0 Å². The molecule has 0 aliphatic rings. The first-order valence-electron chi connectivity index (χ1n) is 8.90. The fourth-order valence-corrected chi connectivity index (χ4v) is 2.76. The molecule has 0 saturated carbocycles. The third-order valence-corrected chi connectivity index (χ3v) is 4.35. The number of para-hydroxylation sites is 1. The Balaban J connectivity index is 2.40. The molecule has 0 aliphatic carbocycles. The molecule has 6 heteroatoms. The summed E-state index contributed by atoms with van der Waals surface area (Å²) in [5, 5.41) is 12.7. The van der Waals surface area contributed by atoms with Crippen LogP contribution < -0.4 is 19.9 Å². The lowest BCUT2D eigenvalue weighted by Gasteiger charge is -2.25. The fraction of sp³-hybridized carbons (Fsp3) is 0.273. The number of carbonyl (C=O) groups is 1. The van der Waals surface area contributed by atoms with E-state index in [4.69, 9.17) is 4.74 Å². The minimum absolute atomic E-state index is 0.0954. The summed E-state index contributed by atoms with van der Waals surface area (Å²) in [5.41, 5.74) is 3.92. The highest BCUT2D eigenvalue weighted by molar-refractivity contribution is 5.94. The van der Waals surface area contributed by atoms with Crippen LogP contribution in [-0.2, 0) is 11.2 Å². The zero-order valence-corrected chi connectivity index (χ0v) is 17.0. The van der Waals surface area contributed by atoms with Gasteiger partial charge in [-0.15, -0.1) is 0 Å². The zero-order valence-electron chi connectivity index (χ0n) is 17.0. The van der Waals surface area contributed by atoms with Crippen molar-refractivity contribution in [1.82, 2.24) is 0 Å². The van der Waals surface area contributed by atoms with Gasteiger partial charge in [0.2, 0.25) is 5.91 Å². The molecular weight excluding hydrogens is 352 g/mol. The Morgan fingerprint density at radius 2 is 1.82 bits per heavy atom. The molecule has 28 heavy (non-hydrogen) atoms. The van der Waals surface area contributed by atoms with Gasteiger partial charge in [0.05, 0.1) is 24.6 Å². The van der Waals surface area contributed by atoms with Crippen molar-refractivity contribution in [1.29, 1.82) is 5.26 Å². The van der Waals surface area contributed by atoms with Crippen LogP contribution in [0.25, 0.3) is 0 Å². The van der Waals surface area contributed by atoms with Crippen LogP contribution in [0.3, 0.4) is 0 Å². The van der Waals surface area contributed by atoms with E-state index in [1.54, 1.807) is 25.3 Å². The summed E-state index contributed by atoms with van der Waals surface area (Å²) in [5.74, 6) is 0.526. The van der Waals surface area contributed by atoms with E-state index in [0.29, 0.717) is 23.4 Å². The van der Waals surface area contributed by atoms with Crippen molar-refractivity contribution in [3.63, 3.8) is 0 Å². The van der Waals surface area contributed by atoms with Crippen molar-refractivity contribution in [2.75, 3.05) is 43.4 Å². The van der Waals surface area contributed by atoms with Gasteiger partial charge in [0, 0.05) is 51.9 Å². The molecule has 2 rings (SSSR count). The van der Waals surface area contributed by atoms with Gasteiger partial charge in [0.1, 0.15) is 0 Å². The number of ether oxygens (including phenoxy) is 1. The molecule has 0 heterocycles. The first-order valence-corrected chi connectivity index (χ1v) is 8.90. The van der Waals surface area contributed by atoms with E-state index >= 15 is 0 Å². The number of nitrogens with zero attached hydrogens (tertiary/aromatic N) is 3. The summed E-state index contributed by atoms with van der Waals surface area (Å²) in [6.07, 6.45) is 2.14. The maximum atomic E-state index is 11.9. The number of allylic oxidation sites excluding steroid dienone is 1. The molecule has 146 valence electrons. The average Bonchev–Trinajstić information content (AvgIpc) is 2.70. The quantitative estimate of drug-likeness (QED) is 0.742. The lowest BCUT2D eigenvalue weighted by Crippen LogP contribution is -2.24. The van der Waals surface area contributed by atoms with Crippen LogP contribution in [0.2, 0.25) is 0 Å². The van der Waals surface area contributed by atoms with Crippen LogP contribution in [0.4, 0.5) is 17.1 Å². The number of nitriles is 1. The molecule has 1 N–H and O–H groups in total. The maximum absolute atomic E-state index is 11.9. The molecule has 0 unspecified atom stereocenters. The van der Waals surface area contributed by atoms with E-state index in [-0.39, 0.29) is 5.91 Å². The highest BCUT2D eigenvalue weighted by atomic mass is 16.5. The summed E-state index contributed by atoms with van der Waals surface area (Å²) in [4.78, 5) is 15.4. The number of benzene rings is 2. The molecule has 0 radical (unpaired) electrons. The second-order valence-electron chi connectivity index (χ2n) is 6.61. The standard InChI is InChI=1S/C22H26N4O2/c1-16(27)26(4)21-13-17(12-20(25(2)3)22(21)28-5)11-18(14-23)15-24-19-9-7-6-8-10-19/h6-10,12-13,15,24H,11H2,1-5H3/b18-15-. The summed E-state index contributed by atoms with van der Waals surface area (Å²) in [7, 11) is 7.12. The lowest BCUT2D eigenvalue weighted by molar-refractivity contribution is -0.116. The summed E-state index contributed by atoms with van der Waals surface area (Å²) < 4.78 is 5.57. The first-order chi connectivity index (χ1) is 13.4. The van der Waals surface area contributed by atoms with Crippen molar-refractivity contribution < 1.29 is 9.53 Å². The van der Waals surface area contributed by atoms with E-state index in [0.717, 1.165) is 16.9 Å². The van der Waals surface area contributed by atoms with Crippen LogP contribution in [0.5, 0.6) is 5.75 Å². The number of carbonyl (C=O) groups excluding carboxylic acids is 1. The molecule has 0 bridgehead atoms. The van der Waals surface area contributed by atoms with Gasteiger partial charge in [-0.2, -0.15) is 5.26 Å². The number of nitrogens with one attached hydrogen (secondary N) is 1. The van der Waals surface area contributed by atoms with Crippen molar-refractivity contribution in [3.05, 3.63) is 59.8 Å². The van der Waals surface area contributed by atoms with E-state index in [1.807, 2.05) is 61.5 Å². The Labute approximate surface area is 166 Å².